The Labute approximate surface area is 68.6 Å². The van der Waals surface area contributed by atoms with Crippen molar-refractivity contribution < 1.29 is 4.39 Å². The van der Waals surface area contributed by atoms with Crippen molar-refractivity contribution in [3.05, 3.63) is 0 Å². The van der Waals surface area contributed by atoms with Gasteiger partial charge in [-0.2, -0.15) is 0 Å². The molecule has 0 aliphatic carbocycles. The van der Waals surface area contributed by atoms with E-state index in [1.54, 1.807) is 0 Å². The number of nitrogens with zero attached hydrogens (tertiary/aromatic N) is 1. The number of halogens is 1. The van der Waals surface area contributed by atoms with Gasteiger partial charge < -0.3 is 4.90 Å². The van der Waals surface area contributed by atoms with Gasteiger partial charge in [0.15, 0.2) is 0 Å². The second-order valence-corrected chi connectivity index (χ2v) is 3.59. The van der Waals surface area contributed by atoms with Crippen molar-refractivity contribution in [1.29, 1.82) is 0 Å². The Morgan fingerprint density at radius 2 is 2.36 bits per heavy atom. The number of rotatable bonds is 3. The lowest BCUT2D eigenvalue weighted by Crippen LogP contribution is -2.35. The molecule has 0 aromatic rings. The molecule has 1 atom stereocenters. The third-order valence-corrected chi connectivity index (χ3v) is 2.35. The van der Waals surface area contributed by atoms with Crippen molar-refractivity contribution in [3.8, 4) is 0 Å². The van der Waals surface area contributed by atoms with Crippen LogP contribution < -0.4 is 0 Å². The smallest absolute Gasteiger partial charge is 0.0906 e. The summed E-state index contributed by atoms with van der Waals surface area (Å²) in [5.74, 6) is 0.823. The molecule has 1 aliphatic rings. The van der Waals surface area contributed by atoms with Crippen LogP contribution in [0.15, 0.2) is 0 Å². The average Bonchev–Trinajstić information content (AvgIpc) is 2.01. The maximum Gasteiger partial charge on any atom is 0.0906 e. The van der Waals surface area contributed by atoms with Gasteiger partial charge in [-0.15, -0.1) is 0 Å². The Morgan fingerprint density at radius 3 is 3.00 bits per heavy atom. The van der Waals surface area contributed by atoms with E-state index in [9.17, 15) is 4.39 Å². The molecule has 1 heterocycles. The van der Waals surface area contributed by atoms with E-state index in [4.69, 9.17) is 0 Å². The largest absolute Gasteiger partial charge is 0.303 e. The summed E-state index contributed by atoms with van der Waals surface area (Å²) in [4.78, 5) is 2.38. The van der Waals surface area contributed by atoms with E-state index < -0.39 is 0 Å². The van der Waals surface area contributed by atoms with Crippen molar-refractivity contribution in [2.45, 2.75) is 26.2 Å². The van der Waals surface area contributed by atoms with Gasteiger partial charge in [-0.25, -0.2) is 0 Å². The minimum absolute atomic E-state index is 0.162. The quantitative estimate of drug-likeness (QED) is 0.609. The second-order valence-electron chi connectivity index (χ2n) is 3.59. The first-order valence-electron chi connectivity index (χ1n) is 4.61. The van der Waals surface area contributed by atoms with Crippen LogP contribution in [0.25, 0.3) is 0 Å². The molecule has 66 valence electrons. The van der Waals surface area contributed by atoms with Crippen molar-refractivity contribution in [2.75, 3.05) is 26.3 Å². The molecule has 0 saturated carbocycles. The molecule has 0 amide bonds. The lowest BCUT2D eigenvalue weighted by atomic mass is 10.0. The molecule has 0 aromatic carbocycles. The van der Waals surface area contributed by atoms with Gasteiger partial charge in [-0.1, -0.05) is 6.92 Å². The summed E-state index contributed by atoms with van der Waals surface area (Å²) in [6.45, 7) is 5.44. The summed E-state index contributed by atoms with van der Waals surface area (Å²) in [6, 6.07) is 0. The second kappa shape index (κ2) is 4.70. The van der Waals surface area contributed by atoms with Crippen LogP contribution >= 0.6 is 0 Å². The molecule has 1 rings (SSSR count). The lowest BCUT2D eigenvalue weighted by Gasteiger charge is -2.30. The monoisotopic (exact) mass is 159 g/mol. The third-order valence-electron chi connectivity index (χ3n) is 2.35. The molecule has 1 nitrogen and oxygen atoms in total. The number of piperidine rings is 1. The van der Waals surface area contributed by atoms with Crippen LogP contribution in [0.3, 0.4) is 0 Å². The Kier molecular flexibility index (Phi) is 3.84. The van der Waals surface area contributed by atoms with Crippen LogP contribution in [0.5, 0.6) is 0 Å². The van der Waals surface area contributed by atoms with Gasteiger partial charge in [0, 0.05) is 13.1 Å². The van der Waals surface area contributed by atoms with E-state index in [0.717, 1.165) is 12.5 Å². The predicted molar refractivity (Wildman–Crippen MR) is 45.4 cm³/mol. The first-order valence-corrected chi connectivity index (χ1v) is 4.61. The lowest BCUT2D eigenvalue weighted by molar-refractivity contribution is 0.177. The van der Waals surface area contributed by atoms with Crippen molar-refractivity contribution in [1.82, 2.24) is 4.90 Å². The van der Waals surface area contributed by atoms with E-state index in [2.05, 4.69) is 11.8 Å². The Balaban J connectivity index is 2.12. The molecule has 0 N–H and O–H groups in total. The van der Waals surface area contributed by atoms with Gasteiger partial charge in [-0.3, -0.25) is 4.39 Å². The molecular weight excluding hydrogens is 141 g/mol. The highest BCUT2D eigenvalue weighted by atomic mass is 19.1. The summed E-state index contributed by atoms with van der Waals surface area (Å²) >= 11 is 0. The Hall–Kier alpha value is -0.110. The summed E-state index contributed by atoms with van der Waals surface area (Å²) in [5.41, 5.74) is 0. The summed E-state index contributed by atoms with van der Waals surface area (Å²) in [5, 5.41) is 0. The molecule has 2 heteroatoms. The maximum absolute atomic E-state index is 11.8. The van der Waals surface area contributed by atoms with E-state index in [0.29, 0.717) is 6.42 Å². The van der Waals surface area contributed by atoms with E-state index in [-0.39, 0.29) is 6.67 Å². The van der Waals surface area contributed by atoms with Crippen LogP contribution in [-0.4, -0.2) is 31.2 Å². The van der Waals surface area contributed by atoms with Gasteiger partial charge in [0.05, 0.1) is 6.67 Å². The maximum atomic E-state index is 11.8. The number of likely N-dealkylation sites (tertiary alicyclic amines) is 1. The van der Waals surface area contributed by atoms with Gasteiger partial charge >= 0.3 is 0 Å². The van der Waals surface area contributed by atoms with Crippen LogP contribution in [0.2, 0.25) is 0 Å². The fourth-order valence-electron chi connectivity index (χ4n) is 1.77. The van der Waals surface area contributed by atoms with E-state index >= 15 is 0 Å². The first-order chi connectivity index (χ1) is 5.33. The van der Waals surface area contributed by atoms with Crippen molar-refractivity contribution >= 4 is 0 Å². The van der Waals surface area contributed by atoms with Crippen LogP contribution in [-0.2, 0) is 0 Å². The zero-order chi connectivity index (χ0) is 8.10. The molecule has 1 fully saturated rings. The molecule has 11 heavy (non-hydrogen) atoms. The molecular formula is C9H18FN. The molecule has 0 radical (unpaired) electrons. The fraction of sp³-hybridized carbons (Fsp3) is 1.00. The number of hydrogen-bond acceptors (Lipinski definition) is 1. The number of alkyl halides is 1. The third kappa shape index (κ3) is 3.19. The van der Waals surface area contributed by atoms with E-state index in [1.807, 2.05) is 0 Å². The van der Waals surface area contributed by atoms with Crippen LogP contribution in [0.1, 0.15) is 26.2 Å². The Morgan fingerprint density at radius 1 is 1.55 bits per heavy atom. The first kappa shape index (κ1) is 8.98. The normalized spacial score (nSPS) is 27.3. The van der Waals surface area contributed by atoms with Gasteiger partial charge in [0.2, 0.25) is 0 Å². The van der Waals surface area contributed by atoms with Gasteiger partial charge in [-0.05, 0) is 31.7 Å². The highest BCUT2D eigenvalue weighted by molar-refractivity contribution is 4.69. The van der Waals surface area contributed by atoms with Crippen LogP contribution in [0, 0.1) is 5.92 Å². The highest BCUT2D eigenvalue weighted by Crippen LogP contribution is 2.15. The zero-order valence-corrected chi connectivity index (χ0v) is 7.35. The molecule has 0 bridgehead atoms. The van der Waals surface area contributed by atoms with Crippen LogP contribution in [0.4, 0.5) is 4.39 Å². The SMILES string of the molecule is CC1CCCN(CCCF)C1. The fourth-order valence-corrected chi connectivity index (χ4v) is 1.77. The summed E-state index contributed by atoms with van der Waals surface area (Å²) in [6.07, 6.45) is 3.37. The minimum atomic E-state index is -0.162. The summed E-state index contributed by atoms with van der Waals surface area (Å²) in [7, 11) is 0. The van der Waals surface area contributed by atoms with E-state index in [1.165, 1.54) is 25.9 Å². The minimum Gasteiger partial charge on any atom is -0.303 e. The predicted octanol–water partition coefficient (Wildman–Crippen LogP) is 2.08. The van der Waals surface area contributed by atoms with Gasteiger partial charge in [0.1, 0.15) is 0 Å². The topological polar surface area (TPSA) is 3.24 Å². The molecule has 1 aliphatic heterocycles. The summed E-state index contributed by atoms with van der Waals surface area (Å²) < 4.78 is 11.8. The van der Waals surface area contributed by atoms with Crippen molar-refractivity contribution in [2.24, 2.45) is 5.92 Å². The van der Waals surface area contributed by atoms with Crippen molar-refractivity contribution in [3.63, 3.8) is 0 Å². The zero-order valence-electron chi connectivity index (χ0n) is 7.35. The number of hydrogen-bond donors (Lipinski definition) is 0. The molecule has 0 aromatic heterocycles. The highest BCUT2D eigenvalue weighted by Gasteiger charge is 2.14. The molecule has 0 spiro atoms. The molecule has 1 saturated heterocycles. The average molecular weight is 159 g/mol. The molecule has 1 unspecified atom stereocenters. The Bertz CT molecular complexity index is 106. The standard InChI is InChI=1S/C9H18FN/c1-9-4-2-6-11(8-9)7-3-5-10/h9H,2-8H2,1H3. The van der Waals surface area contributed by atoms with Gasteiger partial charge in [0.25, 0.3) is 0 Å².